The lowest BCUT2D eigenvalue weighted by Crippen LogP contribution is -2.48. The molecule has 0 aromatic carbocycles. The molecule has 3 nitrogen and oxygen atoms in total. The Hall–Kier alpha value is -0.120. The Balaban J connectivity index is 2.10. The van der Waals surface area contributed by atoms with Crippen LogP contribution in [0.5, 0.6) is 0 Å². The van der Waals surface area contributed by atoms with Crippen LogP contribution in [0.4, 0.5) is 0 Å². The number of hydrogen-bond donors (Lipinski definition) is 1. The van der Waals surface area contributed by atoms with Gasteiger partial charge < -0.3 is 10.1 Å². The zero-order valence-corrected chi connectivity index (χ0v) is 11.9. The summed E-state index contributed by atoms with van der Waals surface area (Å²) in [4.78, 5) is 2.62. The first-order valence-corrected chi connectivity index (χ1v) is 7.34. The van der Waals surface area contributed by atoms with Crippen molar-refractivity contribution in [3.05, 3.63) is 0 Å². The van der Waals surface area contributed by atoms with Gasteiger partial charge in [0.25, 0.3) is 0 Å². The molecule has 17 heavy (non-hydrogen) atoms. The predicted octanol–water partition coefficient (Wildman–Crippen LogP) is 2.27. The zero-order valence-electron chi connectivity index (χ0n) is 11.9. The Morgan fingerprint density at radius 3 is 2.76 bits per heavy atom. The first-order valence-electron chi connectivity index (χ1n) is 7.34. The summed E-state index contributed by atoms with van der Waals surface area (Å²) in [5.41, 5.74) is 0. The maximum absolute atomic E-state index is 5.72. The van der Waals surface area contributed by atoms with Crippen LogP contribution in [0.25, 0.3) is 0 Å². The van der Waals surface area contributed by atoms with Crippen LogP contribution in [0, 0.1) is 0 Å². The van der Waals surface area contributed by atoms with E-state index >= 15 is 0 Å². The second kappa shape index (κ2) is 8.90. The van der Waals surface area contributed by atoms with Gasteiger partial charge in [-0.25, -0.2) is 0 Å². The van der Waals surface area contributed by atoms with E-state index in [-0.39, 0.29) is 0 Å². The van der Waals surface area contributed by atoms with Gasteiger partial charge in [0.05, 0.1) is 12.7 Å². The molecule has 0 aliphatic carbocycles. The highest BCUT2D eigenvalue weighted by molar-refractivity contribution is 4.77. The van der Waals surface area contributed by atoms with Crippen molar-refractivity contribution in [2.75, 3.05) is 32.8 Å². The molecule has 0 aromatic heterocycles. The van der Waals surface area contributed by atoms with Crippen molar-refractivity contribution < 1.29 is 4.74 Å². The van der Waals surface area contributed by atoms with E-state index in [0.29, 0.717) is 12.1 Å². The van der Waals surface area contributed by atoms with Gasteiger partial charge in [0.1, 0.15) is 0 Å². The fourth-order valence-electron chi connectivity index (χ4n) is 2.43. The lowest BCUT2D eigenvalue weighted by molar-refractivity contribution is -0.0560. The molecule has 1 rings (SSSR count). The quantitative estimate of drug-likeness (QED) is 0.661. The molecule has 1 aliphatic rings. The second-order valence-electron chi connectivity index (χ2n) is 5.16. The monoisotopic (exact) mass is 242 g/mol. The van der Waals surface area contributed by atoms with Gasteiger partial charge in [0.2, 0.25) is 0 Å². The smallest absolute Gasteiger partial charge is 0.0674 e. The lowest BCUT2D eigenvalue weighted by atomic mass is 10.1. The largest absolute Gasteiger partial charge is 0.376 e. The van der Waals surface area contributed by atoms with E-state index in [1.807, 2.05) is 0 Å². The van der Waals surface area contributed by atoms with Gasteiger partial charge in [0, 0.05) is 12.6 Å². The van der Waals surface area contributed by atoms with E-state index in [9.17, 15) is 0 Å². The summed E-state index contributed by atoms with van der Waals surface area (Å²) >= 11 is 0. The fourth-order valence-corrected chi connectivity index (χ4v) is 2.43. The average molecular weight is 242 g/mol. The number of unbranched alkanes of at least 4 members (excludes halogenated alkanes) is 1. The van der Waals surface area contributed by atoms with Crippen LogP contribution in [0.1, 0.15) is 46.5 Å². The summed E-state index contributed by atoms with van der Waals surface area (Å²) in [5, 5.41) is 3.46. The third-order valence-corrected chi connectivity index (χ3v) is 3.53. The highest BCUT2D eigenvalue weighted by Crippen LogP contribution is 2.14. The number of rotatable bonds is 8. The molecule has 0 saturated carbocycles. The van der Waals surface area contributed by atoms with Gasteiger partial charge in [-0.15, -0.1) is 0 Å². The first-order chi connectivity index (χ1) is 8.27. The number of ether oxygens (including phenoxy) is 1. The van der Waals surface area contributed by atoms with Crippen molar-refractivity contribution in [1.29, 1.82) is 0 Å². The Morgan fingerprint density at radius 1 is 1.24 bits per heavy atom. The predicted molar refractivity (Wildman–Crippen MR) is 73.5 cm³/mol. The van der Waals surface area contributed by atoms with E-state index in [1.54, 1.807) is 0 Å². The van der Waals surface area contributed by atoms with Crippen LogP contribution < -0.4 is 5.32 Å². The first kappa shape index (κ1) is 14.9. The fraction of sp³-hybridized carbons (Fsp3) is 1.00. The minimum Gasteiger partial charge on any atom is -0.376 e. The number of morpholine rings is 1. The summed E-state index contributed by atoms with van der Waals surface area (Å²) in [6.07, 6.45) is 5.46. The summed E-state index contributed by atoms with van der Waals surface area (Å²) in [7, 11) is 0. The molecule has 2 atom stereocenters. The molecular weight excluding hydrogens is 212 g/mol. The van der Waals surface area contributed by atoms with Gasteiger partial charge >= 0.3 is 0 Å². The van der Waals surface area contributed by atoms with Crippen LogP contribution in [-0.2, 0) is 4.74 Å². The maximum atomic E-state index is 5.72. The Labute approximate surface area is 107 Å². The van der Waals surface area contributed by atoms with E-state index in [2.05, 4.69) is 31.0 Å². The highest BCUT2D eigenvalue weighted by Gasteiger charge is 2.24. The van der Waals surface area contributed by atoms with Crippen LogP contribution >= 0.6 is 0 Å². The Kier molecular flexibility index (Phi) is 7.82. The molecular formula is C14H30N2O. The van der Waals surface area contributed by atoms with Gasteiger partial charge in [-0.2, -0.15) is 0 Å². The van der Waals surface area contributed by atoms with Crippen LogP contribution in [0.2, 0.25) is 0 Å². The van der Waals surface area contributed by atoms with Crippen LogP contribution in [0.15, 0.2) is 0 Å². The second-order valence-corrected chi connectivity index (χ2v) is 5.16. The molecule has 1 aliphatic heterocycles. The molecule has 0 spiro atoms. The summed E-state index contributed by atoms with van der Waals surface area (Å²) in [5.74, 6) is 0. The third-order valence-electron chi connectivity index (χ3n) is 3.53. The molecule has 1 N–H and O–H groups in total. The maximum Gasteiger partial charge on any atom is 0.0674 e. The minimum absolute atomic E-state index is 0.413. The molecule has 0 aromatic rings. The molecule has 0 amide bonds. The number of hydrogen-bond acceptors (Lipinski definition) is 3. The Morgan fingerprint density at radius 2 is 2.06 bits per heavy atom. The van der Waals surface area contributed by atoms with Crippen molar-refractivity contribution in [3.63, 3.8) is 0 Å². The van der Waals surface area contributed by atoms with E-state index in [1.165, 1.54) is 38.8 Å². The molecule has 0 bridgehead atoms. The number of nitrogens with one attached hydrogen (secondary N) is 1. The lowest BCUT2D eigenvalue weighted by Gasteiger charge is -2.38. The van der Waals surface area contributed by atoms with Gasteiger partial charge in [-0.05, 0) is 52.2 Å². The normalized spacial score (nSPS) is 26.3. The van der Waals surface area contributed by atoms with Crippen molar-refractivity contribution in [2.45, 2.75) is 58.6 Å². The SMILES string of the molecule is CCCNCCCCN1CC(C)OCC1CC. The molecule has 1 heterocycles. The van der Waals surface area contributed by atoms with Crippen molar-refractivity contribution in [3.8, 4) is 0 Å². The van der Waals surface area contributed by atoms with E-state index in [4.69, 9.17) is 4.74 Å². The molecule has 0 radical (unpaired) electrons. The zero-order chi connectivity index (χ0) is 12.5. The molecule has 1 saturated heterocycles. The van der Waals surface area contributed by atoms with Gasteiger partial charge in [-0.1, -0.05) is 13.8 Å². The average Bonchev–Trinajstić information content (AvgIpc) is 2.34. The number of nitrogens with zero attached hydrogens (tertiary/aromatic N) is 1. The molecule has 3 heteroatoms. The minimum atomic E-state index is 0.413. The third kappa shape index (κ3) is 5.84. The summed E-state index contributed by atoms with van der Waals surface area (Å²) in [6, 6.07) is 0.648. The Bertz CT molecular complexity index is 187. The highest BCUT2D eigenvalue weighted by atomic mass is 16.5. The van der Waals surface area contributed by atoms with Gasteiger partial charge in [0.15, 0.2) is 0 Å². The van der Waals surface area contributed by atoms with Crippen molar-refractivity contribution in [2.24, 2.45) is 0 Å². The van der Waals surface area contributed by atoms with Crippen LogP contribution in [-0.4, -0.2) is 49.8 Å². The van der Waals surface area contributed by atoms with E-state index in [0.717, 1.165) is 19.7 Å². The molecule has 102 valence electrons. The molecule has 2 unspecified atom stereocenters. The van der Waals surface area contributed by atoms with Crippen molar-refractivity contribution >= 4 is 0 Å². The van der Waals surface area contributed by atoms with Gasteiger partial charge in [-0.3, -0.25) is 4.90 Å². The van der Waals surface area contributed by atoms with E-state index < -0.39 is 0 Å². The van der Waals surface area contributed by atoms with Crippen molar-refractivity contribution in [1.82, 2.24) is 10.2 Å². The summed E-state index contributed by atoms with van der Waals surface area (Å²) in [6.45, 7) is 12.3. The standard InChI is InChI=1S/C14H30N2O/c1-4-8-15-9-6-7-10-16-11-13(3)17-12-14(16)5-2/h13-15H,4-12H2,1-3H3. The van der Waals surface area contributed by atoms with Crippen LogP contribution in [0.3, 0.4) is 0 Å². The topological polar surface area (TPSA) is 24.5 Å². The summed E-state index contributed by atoms with van der Waals surface area (Å²) < 4.78 is 5.72. The molecule has 1 fully saturated rings.